The smallest absolute Gasteiger partial charge is 0.407 e. The van der Waals surface area contributed by atoms with Gasteiger partial charge < -0.3 is 19.8 Å². The third-order valence-corrected chi connectivity index (χ3v) is 4.03. The van der Waals surface area contributed by atoms with Gasteiger partial charge in [-0.25, -0.2) is 9.78 Å². The molecule has 0 radical (unpaired) electrons. The summed E-state index contributed by atoms with van der Waals surface area (Å²) in [6.07, 6.45) is 5.70. The van der Waals surface area contributed by atoms with E-state index in [2.05, 4.69) is 15.6 Å². The van der Waals surface area contributed by atoms with E-state index in [1.807, 2.05) is 27.7 Å². The fourth-order valence-corrected chi connectivity index (χ4v) is 2.89. The first-order valence-corrected chi connectivity index (χ1v) is 8.51. The van der Waals surface area contributed by atoms with Crippen LogP contribution in [0.2, 0.25) is 0 Å². The van der Waals surface area contributed by atoms with E-state index >= 15 is 0 Å². The number of hydrogen-bond acceptors (Lipinski definition) is 5. The van der Waals surface area contributed by atoms with Crippen LogP contribution in [0.3, 0.4) is 0 Å². The molecule has 2 N–H and O–H groups in total. The minimum absolute atomic E-state index is 0.344. The zero-order chi connectivity index (χ0) is 16.9. The first-order valence-electron chi connectivity index (χ1n) is 8.51. The van der Waals surface area contributed by atoms with Gasteiger partial charge >= 0.3 is 6.09 Å². The second-order valence-corrected chi connectivity index (χ2v) is 7.14. The van der Waals surface area contributed by atoms with Crippen molar-refractivity contribution >= 4 is 6.09 Å². The van der Waals surface area contributed by atoms with Crippen molar-refractivity contribution < 1.29 is 13.9 Å². The number of nitrogens with zero attached hydrogens (tertiary/aromatic N) is 1. The highest BCUT2D eigenvalue weighted by atomic mass is 16.6. The molecule has 2 atom stereocenters. The molecule has 1 heterocycles. The Kier molecular flexibility index (Phi) is 6.04. The highest BCUT2D eigenvalue weighted by Crippen LogP contribution is 2.25. The normalized spacial score (nSPS) is 21.4. The van der Waals surface area contributed by atoms with Gasteiger partial charge in [-0.3, -0.25) is 0 Å². The number of rotatable bonds is 6. The molecular formula is C17H29N3O3. The van der Waals surface area contributed by atoms with Crippen LogP contribution >= 0.6 is 0 Å². The minimum Gasteiger partial charge on any atom is -0.444 e. The molecule has 0 bridgehead atoms. The number of carbonyl (C=O) groups excluding carboxylic acids is 1. The van der Waals surface area contributed by atoms with Crippen molar-refractivity contribution in [2.75, 3.05) is 6.54 Å². The summed E-state index contributed by atoms with van der Waals surface area (Å²) in [5, 5.41) is 6.39. The van der Waals surface area contributed by atoms with Crippen LogP contribution in [0.15, 0.2) is 10.6 Å². The Morgan fingerprint density at radius 1 is 1.43 bits per heavy atom. The van der Waals surface area contributed by atoms with Crippen molar-refractivity contribution in [1.82, 2.24) is 15.6 Å². The Balaban J connectivity index is 1.75. The predicted molar refractivity (Wildman–Crippen MR) is 88.1 cm³/mol. The van der Waals surface area contributed by atoms with E-state index in [9.17, 15) is 4.79 Å². The number of hydrogen-bond donors (Lipinski definition) is 2. The van der Waals surface area contributed by atoms with E-state index < -0.39 is 5.60 Å². The maximum absolute atomic E-state index is 11.8. The molecule has 1 amide bonds. The number of ether oxygens (including phenoxy) is 1. The number of aryl methyl sites for hydroxylation is 1. The zero-order valence-corrected chi connectivity index (χ0v) is 14.6. The van der Waals surface area contributed by atoms with Crippen LogP contribution in [0.5, 0.6) is 0 Å². The number of aromatic nitrogens is 1. The van der Waals surface area contributed by atoms with Crippen molar-refractivity contribution in [3.63, 3.8) is 0 Å². The van der Waals surface area contributed by atoms with Crippen LogP contribution in [0.4, 0.5) is 4.79 Å². The van der Waals surface area contributed by atoms with E-state index in [0.717, 1.165) is 30.9 Å². The van der Waals surface area contributed by atoms with Gasteiger partial charge in [0.1, 0.15) is 11.4 Å². The van der Waals surface area contributed by atoms with E-state index in [0.29, 0.717) is 25.0 Å². The van der Waals surface area contributed by atoms with Gasteiger partial charge in [-0.15, -0.1) is 0 Å². The van der Waals surface area contributed by atoms with Crippen LogP contribution in [-0.4, -0.2) is 29.3 Å². The minimum atomic E-state index is -0.459. The lowest BCUT2D eigenvalue weighted by molar-refractivity contribution is 0.0517. The monoisotopic (exact) mass is 323 g/mol. The molecule has 130 valence electrons. The largest absolute Gasteiger partial charge is 0.444 e. The molecule has 0 aromatic carbocycles. The summed E-state index contributed by atoms with van der Waals surface area (Å²) in [5.41, 5.74) is -0.459. The molecule has 1 aromatic rings. The van der Waals surface area contributed by atoms with Crippen LogP contribution in [0, 0.1) is 5.92 Å². The second kappa shape index (κ2) is 7.81. The lowest BCUT2D eigenvalue weighted by atomic mass is 10.0. The fraction of sp³-hybridized carbons (Fsp3) is 0.765. The third kappa shape index (κ3) is 5.86. The average Bonchev–Trinajstić information content (AvgIpc) is 3.10. The second-order valence-electron chi connectivity index (χ2n) is 7.14. The van der Waals surface area contributed by atoms with Crippen molar-refractivity contribution in [3.05, 3.63) is 17.8 Å². The molecule has 6 nitrogen and oxygen atoms in total. The van der Waals surface area contributed by atoms with Gasteiger partial charge in [0.2, 0.25) is 5.89 Å². The van der Waals surface area contributed by atoms with Gasteiger partial charge in [0.15, 0.2) is 0 Å². The molecule has 1 aliphatic rings. The molecule has 0 aliphatic heterocycles. The number of carbonyl (C=O) groups is 1. The van der Waals surface area contributed by atoms with Crippen LogP contribution < -0.4 is 10.6 Å². The molecule has 1 saturated carbocycles. The van der Waals surface area contributed by atoms with Gasteiger partial charge in [-0.2, -0.15) is 0 Å². The van der Waals surface area contributed by atoms with Crippen molar-refractivity contribution in [3.8, 4) is 0 Å². The van der Waals surface area contributed by atoms with E-state index in [1.165, 1.54) is 6.42 Å². The molecule has 2 rings (SSSR count). The van der Waals surface area contributed by atoms with Gasteiger partial charge in [-0.1, -0.05) is 13.3 Å². The summed E-state index contributed by atoms with van der Waals surface area (Å²) < 4.78 is 10.9. The summed E-state index contributed by atoms with van der Waals surface area (Å²) in [6, 6.07) is 0.377. The molecule has 0 spiro atoms. The fourth-order valence-electron chi connectivity index (χ4n) is 2.89. The van der Waals surface area contributed by atoms with Gasteiger partial charge in [0.05, 0.1) is 12.7 Å². The third-order valence-electron chi connectivity index (χ3n) is 4.03. The SMILES string of the molecule is CCc1cnc(CNC2CCCC2CNC(=O)OC(C)(C)C)o1. The summed E-state index contributed by atoms with van der Waals surface area (Å²) in [6.45, 7) is 8.92. The Hall–Kier alpha value is -1.56. The quantitative estimate of drug-likeness (QED) is 0.841. The number of alkyl carbamates (subject to hydrolysis) is 1. The lowest BCUT2D eigenvalue weighted by Crippen LogP contribution is -2.40. The molecule has 1 aromatic heterocycles. The lowest BCUT2D eigenvalue weighted by Gasteiger charge is -2.23. The predicted octanol–water partition coefficient (Wildman–Crippen LogP) is 3.02. The zero-order valence-electron chi connectivity index (χ0n) is 14.6. The maximum Gasteiger partial charge on any atom is 0.407 e. The first-order chi connectivity index (χ1) is 10.9. The molecule has 6 heteroatoms. The van der Waals surface area contributed by atoms with Crippen LogP contribution in [0.1, 0.15) is 58.6 Å². The van der Waals surface area contributed by atoms with Crippen molar-refractivity contribution in [1.29, 1.82) is 0 Å². The summed E-state index contributed by atoms with van der Waals surface area (Å²) in [7, 11) is 0. The summed E-state index contributed by atoms with van der Waals surface area (Å²) in [5.74, 6) is 2.06. The number of amides is 1. The van der Waals surface area contributed by atoms with E-state index in [-0.39, 0.29) is 6.09 Å². The number of oxazole rings is 1. The molecule has 23 heavy (non-hydrogen) atoms. The average molecular weight is 323 g/mol. The molecule has 0 saturated heterocycles. The Morgan fingerprint density at radius 2 is 2.22 bits per heavy atom. The van der Waals surface area contributed by atoms with Crippen molar-refractivity contribution in [2.45, 2.75) is 71.6 Å². The van der Waals surface area contributed by atoms with E-state index in [4.69, 9.17) is 9.15 Å². The van der Waals surface area contributed by atoms with Gasteiger partial charge in [0, 0.05) is 19.0 Å². The standard InChI is InChI=1S/C17H29N3O3/c1-5-13-10-19-15(22-13)11-18-14-8-6-7-12(14)9-20-16(21)23-17(2,3)4/h10,12,14,18H,5-9,11H2,1-4H3,(H,20,21). The molecular weight excluding hydrogens is 294 g/mol. The Labute approximate surface area is 138 Å². The van der Waals surface area contributed by atoms with Crippen LogP contribution in [-0.2, 0) is 17.7 Å². The Morgan fingerprint density at radius 3 is 2.87 bits per heavy atom. The maximum atomic E-state index is 11.8. The highest BCUT2D eigenvalue weighted by molar-refractivity contribution is 5.67. The Bertz CT molecular complexity index is 507. The molecule has 1 aliphatic carbocycles. The van der Waals surface area contributed by atoms with Crippen LogP contribution in [0.25, 0.3) is 0 Å². The number of nitrogens with one attached hydrogen (secondary N) is 2. The highest BCUT2D eigenvalue weighted by Gasteiger charge is 2.28. The summed E-state index contributed by atoms with van der Waals surface area (Å²) >= 11 is 0. The van der Waals surface area contributed by atoms with Crippen molar-refractivity contribution in [2.24, 2.45) is 5.92 Å². The first kappa shape index (κ1) is 17.8. The topological polar surface area (TPSA) is 76.4 Å². The van der Waals surface area contributed by atoms with E-state index in [1.54, 1.807) is 6.20 Å². The summed E-state index contributed by atoms with van der Waals surface area (Å²) in [4.78, 5) is 16.0. The van der Waals surface area contributed by atoms with Gasteiger partial charge in [-0.05, 0) is 39.5 Å². The molecule has 1 fully saturated rings. The van der Waals surface area contributed by atoms with Gasteiger partial charge in [0.25, 0.3) is 0 Å². The molecule has 2 unspecified atom stereocenters.